The number of amides is 1. The van der Waals surface area contributed by atoms with E-state index in [4.69, 9.17) is 5.11 Å². The molecule has 1 atom stereocenters. The summed E-state index contributed by atoms with van der Waals surface area (Å²) in [7, 11) is 0. The van der Waals surface area contributed by atoms with Gasteiger partial charge in [-0.3, -0.25) is 9.69 Å². The Hall–Kier alpha value is -0.650. The molecule has 20 heavy (non-hydrogen) atoms. The number of aliphatic hydroxyl groups is 1. The smallest absolute Gasteiger partial charge is 0.237 e. The number of hydrogen-bond donors (Lipinski definition) is 2. The molecule has 2 rings (SSSR count). The fraction of sp³-hybridized carbons (Fsp3) is 0.933. The predicted molar refractivity (Wildman–Crippen MR) is 79.6 cm³/mol. The maximum Gasteiger partial charge on any atom is 0.237 e. The van der Waals surface area contributed by atoms with Gasteiger partial charge in [0, 0.05) is 45.4 Å². The first-order chi connectivity index (χ1) is 9.70. The fourth-order valence-corrected chi connectivity index (χ4v) is 3.23. The summed E-state index contributed by atoms with van der Waals surface area (Å²) in [5, 5.41) is 12.0. The molecule has 1 heterocycles. The van der Waals surface area contributed by atoms with Gasteiger partial charge in [0.25, 0.3) is 0 Å². The van der Waals surface area contributed by atoms with Crippen LogP contribution in [-0.4, -0.2) is 72.2 Å². The summed E-state index contributed by atoms with van der Waals surface area (Å²) in [4.78, 5) is 16.9. The molecule has 2 N–H and O–H groups in total. The summed E-state index contributed by atoms with van der Waals surface area (Å²) in [5.74, 6) is 0.195. The number of carbonyl (C=O) groups excluding carboxylic acids is 1. The second-order valence-electron chi connectivity index (χ2n) is 6.12. The second-order valence-corrected chi connectivity index (χ2v) is 6.12. The molecule has 0 aromatic rings. The van der Waals surface area contributed by atoms with E-state index in [-0.39, 0.29) is 18.6 Å². The van der Waals surface area contributed by atoms with Gasteiger partial charge in [0.2, 0.25) is 5.91 Å². The lowest BCUT2D eigenvalue weighted by molar-refractivity contribution is -0.127. The summed E-state index contributed by atoms with van der Waals surface area (Å²) in [6.45, 7) is 7.15. The molecule has 116 valence electrons. The lowest BCUT2D eigenvalue weighted by Gasteiger charge is -2.37. The average molecular weight is 283 g/mol. The summed E-state index contributed by atoms with van der Waals surface area (Å²) in [5.41, 5.74) is 0. The molecule has 0 bridgehead atoms. The highest BCUT2D eigenvalue weighted by Crippen LogP contribution is 2.18. The van der Waals surface area contributed by atoms with E-state index in [1.807, 2.05) is 6.92 Å². The van der Waals surface area contributed by atoms with Gasteiger partial charge in [-0.1, -0.05) is 12.8 Å². The second kappa shape index (κ2) is 7.96. The molecule has 5 nitrogen and oxygen atoms in total. The first-order valence-electron chi connectivity index (χ1n) is 8.08. The molecule has 2 fully saturated rings. The number of hydrogen-bond acceptors (Lipinski definition) is 4. The average Bonchev–Trinajstić information content (AvgIpc) is 2.97. The van der Waals surface area contributed by atoms with Crippen molar-refractivity contribution in [3.63, 3.8) is 0 Å². The van der Waals surface area contributed by atoms with E-state index in [1.54, 1.807) is 0 Å². The Labute approximate surface area is 122 Å². The molecule has 1 amide bonds. The molecule has 1 saturated carbocycles. The summed E-state index contributed by atoms with van der Waals surface area (Å²) in [6.07, 6.45) is 5.64. The third kappa shape index (κ3) is 4.43. The number of piperazine rings is 1. The quantitative estimate of drug-likeness (QED) is 0.742. The number of nitrogens with one attached hydrogen (secondary N) is 1. The van der Waals surface area contributed by atoms with Crippen molar-refractivity contribution in [3.8, 4) is 0 Å². The normalized spacial score (nSPS) is 23.9. The number of rotatable bonds is 6. The molecule has 0 aromatic heterocycles. The van der Waals surface area contributed by atoms with Gasteiger partial charge in [-0.25, -0.2) is 0 Å². The van der Waals surface area contributed by atoms with Crippen LogP contribution in [0.2, 0.25) is 0 Å². The van der Waals surface area contributed by atoms with Gasteiger partial charge in [-0.15, -0.1) is 0 Å². The van der Waals surface area contributed by atoms with Crippen LogP contribution >= 0.6 is 0 Å². The van der Waals surface area contributed by atoms with Crippen molar-refractivity contribution in [2.45, 2.75) is 51.1 Å². The predicted octanol–water partition coefficient (Wildman–Crippen LogP) is 0.434. The Morgan fingerprint density at radius 1 is 1.25 bits per heavy atom. The summed E-state index contributed by atoms with van der Waals surface area (Å²) < 4.78 is 0. The molecule has 0 radical (unpaired) electrons. The zero-order valence-corrected chi connectivity index (χ0v) is 12.7. The van der Waals surface area contributed by atoms with Crippen LogP contribution in [0.1, 0.15) is 39.0 Å². The molecule has 1 saturated heterocycles. The molecule has 1 aliphatic heterocycles. The Morgan fingerprint density at radius 2 is 1.90 bits per heavy atom. The lowest BCUT2D eigenvalue weighted by Crippen LogP contribution is -2.54. The third-order valence-electron chi connectivity index (χ3n) is 4.67. The molecule has 0 spiro atoms. The van der Waals surface area contributed by atoms with E-state index in [0.717, 1.165) is 52.0 Å². The van der Waals surface area contributed by atoms with Gasteiger partial charge in [-0.05, 0) is 26.2 Å². The molecule has 1 unspecified atom stereocenters. The number of aliphatic hydroxyl groups excluding tert-OH is 1. The maximum absolute atomic E-state index is 12.3. The Morgan fingerprint density at radius 3 is 2.50 bits per heavy atom. The number of carbonyl (C=O) groups is 1. The van der Waals surface area contributed by atoms with E-state index in [9.17, 15) is 4.79 Å². The molecular formula is C15H29N3O2. The summed E-state index contributed by atoms with van der Waals surface area (Å²) >= 11 is 0. The third-order valence-corrected chi connectivity index (χ3v) is 4.67. The van der Waals surface area contributed by atoms with Gasteiger partial charge < -0.3 is 15.3 Å². The SMILES string of the molecule is CC(C(=O)NC1CCCC1)N1CCN(CCCO)CC1. The van der Waals surface area contributed by atoms with Crippen LogP contribution < -0.4 is 5.32 Å². The van der Waals surface area contributed by atoms with E-state index in [1.165, 1.54) is 12.8 Å². The van der Waals surface area contributed by atoms with Crippen LogP contribution in [0.3, 0.4) is 0 Å². The Bertz CT molecular complexity index is 297. The van der Waals surface area contributed by atoms with Crippen molar-refractivity contribution >= 4 is 5.91 Å². The first kappa shape index (κ1) is 15.7. The van der Waals surface area contributed by atoms with Gasteiger partial charge in [0.15, 0.2) is 0 Å². The standard InChI is InChI=1S/C15H29N3O2/c1-13(15(20)16-14-5-2-3-6-14)18-10-8-17(9-11-18)7-4-12-19/h13-14,19H,2-12H2,1H3,(H,16,20). The highest BCUT2D eigenvalue weighted by atomic mass is 16.3. The van der Waals surface area contributed by atoms with Crippen LogP contribution in [-0.2, 0) is 4.79 Å². The molecule has 2 aliphatic rings. The van der Waals surface area contributed by atoms with Gasteiger partial charge >= 0.3 is 0 Å². The van der Waals surface area contributed by atoms with Crippen molar-refractivity contribution in [3.05, 3.63) is 0 Å². The van der Waals surface area contributed by atoms with Gasteiger partial charge in [0.05, 0.1) is 6.04 Å². The topological polar surface area (TPSA) is 55.8 Å². The highest BCUT2D eigenvalue weighted by molar-refractivity contribution is 5.81. The minimum Gasteiger partial charge on any atom is -0.396 e. The minimum atomic E-state index is -0.0180. The molecule has 0 aromatic carbocycles. The Balaban J connectivity index is 1.70. The lowest BCUT2D eigenvalue weighted by atomic mass is 10.2. The van der Waals surface area contributed by atoms with E-state index in [2.05, 4.69) is 15.1 Å². The summed E-state index contributed by atoms with van der Waals surface area (Å²) in [6, 6.07) is 0.395. The molecular weight excluding hydrogens is 254 g/mol. The highest BCUT2D eigenvalue weighted by Gasteiger charge is 2.27. The monoisotopic (exact) mass is 283 g/mol. The van der Waals surface area contributed by atoms with Crippen molar-refractivity contribution in [1.29, 1.82) is 0 Å². The largest absolute Gasteiger partial charge is 0.396 e. The fourth-order valence-electron chi connectivity index (χ4n) is 3.23. The zero-order valence-electron chi connectivity index (χ0n) is 12.7. The van der Waals surface area contributed by atoms with Crippen molar-refractivity contribution in [1.82, 2.24) is 15.1 Å². The van der Waals surface area contributed by atoms with Crippen LogP contribution in [0.4, 0.5) is 0 Å². The zero-order chi connectivity index (χ0) is 14.4. The first-order valence-corrected chi connectivity index (χ1v) is 8.08. The van der Waals surface area contributed by atoms with E-state index >= 15 is 0 Å². The Kier molecular flexibility index (Phi) is 6.26. The van der Waals surface area contributed by atoms with Gasteiger partial charge in [-0.2, -0.15) is 0 Å². The van der Waals surface area contributed by atoms with Crippen LogP contribution in [0, 0.1) is 0 Å². The van der Waals surface area contributed by atoms with Crippen molar-refractivity contribution in [2.75, 3.05) is 39.3 Å². The van der Waals surface area contributed by atoms with Crippen LogP contribution in [0.25, 0.3) is 0 Å². The van der Waals surface area contributed by atoms with Gasteiger partial charge in [0.1, 0.15) is 0 Å². The number of nitrogens with zero attached hydrogens (tertiary/aromatic N) is 2. The van der Waals surface area contributed by atoms with Crippen LogP contribution in [0.15, 0.2) is 0 Å². The maximum atomic E-state index is 12.3. The van der Waals surface area contributed by atoms with Crippen molar-refractivity contribution < 1.29 is 9.90 Å². The molecule has 5 heteroatoms. The minimum absolute atomic E-state index is 0.0180. The van der Waals surface area contributed by atoms with E-state index in [0.29, 0.717) is 6.04 Å². The van der Waals surface area contributed by atoms with E-state index < -0.39 is 0 Å². The molecule has 1 aliphatic carbocycles. The van der Waals surface area contributed by atoms with Crippen molar-refractivity contribution in [2.24, 2.45) is 0 Å². The van der Waals surface area contributed by atoms with Crippen LogP contribution in [0.5, 0.6) is 0 Å².